The monoisotopic (exact) mass is 312 g/mol. The normalized spacial score (nSPS) is 11.4. The van der Waals surface area contributed by atoms with Crippen LogP contribution < -0.4 is 0 Å². The fourth-order valence-electron chi connectivity index (χ4n) is 1.66. The summed E-state index contributed by atoms with van der Waals surface area (Å²) in [5.74, 6) is -0.651. The number of hydrogen-bond acceptors (Lipinski definition) is 3. The van der Waals surface area contributed by atoms with Crippen LogP contribution in [0.1, 0.15) is 54.8 Å². The number of ketones is 2. The summed E-state index contributed by atoms with van der Waals surface area (Å²) in [5.41, 5.74) is 0.202. The van der Waals surface area contributed by atoms with Crippen LogP contribution in [0.2, 0.25) is 0 Å². The van der Waals surface area contributed by atoms with E-state index in [-0.39, 0.29) is 33.9 Å². The van der Waals surface area contributed by atoms with Gasteiger partial charge in [-0.25, -0.2) is 0 Å². The summed E-state index contributed by atoms with van der Waals surface area (Å²) in [6.07, 6.45) is 0.314. The molecule has 1 N–H and O–H groups in total. The summed E-state index contributed by atoms with van der Waals surface area (Å²) in [7, 11) is 0. The molecule has 0 spiro atoms. The average Bonchev–Trinajstić information content (AvgIpc) is 2.17. The maximum Gasteiger partial charge on any atom is 0.167 e. The third-order valence-electron chi connectivity index (χ3n) is 2.45. The number of Topliss-reactive ketones (excluding diaryl/α,β-unsaturated/α-hetero) is 2. The zero-order valence-corrected chi connectivity index (χ0v) is 12.6. The molecular weight excluding hydrogens is 296 g/mol. The molecule has 0 aliphatic heterocycles. The van der Waals surface area contributed by atoms with Gasteiger partial charge in [-0.05, 0) is 24.5 Å². The molecule has 0 saturated heterocycles. The summed E-state index contributed by atoms with van der Waals surface area (Å²) in [4.78, 5) is 23.5. The molecule has 0 aliphatic carbocycles. The van der Waals surface area contributed by atoms with E-state index >= 15 is 0 Å². The maximum atomic E-state index is 12.1. The molecule has 0 unspecified atom stereocenters. The third-order valence-corrected chi connectivity index (χ3v) is 2.90. The first-order valence-corrected chi connectivity index (χ1v) is 6.48. The molecular formula is C14H17BrO3. The van der Waals surface area contributed by atoms with Crippen molar-refractivity contribution in [2.75, 3.05) is 0 Å². The summed E-state index contributed by atoms with van der Waals surface area (Å²) in [6, 6.07) is 3.07. The number of aromatic hydroxyl groups is 1. The SMILES string of the molecule is CC(=O)c1cc(Br)cc(C(=O)CC(C)(C)C)c1O. The van der Waals surface area contributed by atoms with Crippen LogP contribution in [0.25, 0.3) is 0 Å². The Morgan fingerprint density at radius 3 is 2.17 bits per heavy atom. The van der Waals surface area contributed by atoms with E-state index in [1.54, 1.807) is 6.07 Å². The number of phenolic OH excluding ortho intramolecular Hbond substituents is 1. The topological polar surface area (TPSA) is 54.4 Å². The lowest BCUT2D eigenvalue weighted by molar-refractivity contribution is 0.0937. The lowest BCUT2D eigenvalue weighted by Gasteiger charge is -2.17. The predicted octanol–water partition coefficient (Wildman–Crippen LogP) is 3.98. The maximum absolute atomic E-state index is 12.1. The molecule has 0 amide bonds. The van der Waals surface area contributed by atoms with Crippen LogP contribution in [0.5, 0.6) is 5.75 Å². The number of carbonyl (C=O) groups excluding carboxylic acids is 2. The minimum absolute atomic E-state index is 0.163. The second kappa shape index (κ2) is 5.22. The molecule has 0 fully saturated rings. The molecule has 1 aromatic carbocycles. The lowest BCUT2D eigenvalue weighted by atomic mass is 9.87. The molecule has 0 bridgehead atoms. The van der Waals surface area contributed by atoms with Crippen molar-refractivity contribution in [3.05, 3.63) is 27.7 Å². The van der Waals surface area contributed by atoms with E-state index in [0.29, 0.717) is 10.9 Å². The Hall–Kier alpha value is -1.16. The van der Waals surface area contributed by atoms with Crippen LogP contribution in [0.4, 0.5) is 0 Å². The van der Waals surface area contributed by atoms with Crippen molar-refractivity contribution in [1.29, 1.82) is 0 Å². The van der Waals surface area contributed by atoms with Crippen molar-refractivity contribution >= 4 is 27.5 Å². The average molecular weight is 313 g/mol. The molecule has 1 aromatic rings. The van der Waals surface area contributed by atoms with Gasteiger partial charge in [0.1, 0.15) is 5.75 Å². The van der Waals surface area contributed by atoms with E-state index in [1.807, 2.05) is 20.8 Å². The first-order valence-electron chi connectivity index (χ1n) is 5.68. The van der Waals surface area contributed by atoms with Gasteiger partial charge in [-0.3, -0.25) is 9.59 Å². The van der Waals surface area contributed by atoms with Crippen LogP contribution >= 0.6 is 15.9 Å². The van der Waals surface area contributed by atoms with Crippen molar-refractivity contribution in [1.82, 2.24) is 0 Å². The first kappa shape index (κ1) is 14.9. The van der Waals surface area contributed by atoms with Crippen LogP contribution in [0.3, 0.4) is 0 Å². The zero-order chi connectivity index (χ0) is 14.1. The van der Waals surface area contributed by atoms with E-state index in [9.17, 15) is 14.7 Å². The quantitative estimate of drug-likeness (QED) is 0.859. The summed E-state index contributed by atoms with van der Waals surface area (Å²) >= 11 is 3.25. The fraction of sp³-hybridized carbons (Fsp3) is 0.429. The molecule has 0 aliphatic rings. The van der Waals surface area contributed by atoms with Crippen LogP contribution in [0.15, 0.2) is 16.6 Å². The van der Waals surface area contributed by atoms with Crippen LogP contribution in [0, 0.1) is 5.41 Å². The Kier molecular flexibility index (Phi) is 4.32. The van der Waals surface area contributed by atoms with Crippen molar-refractivity contribution < 1.29 is 14.7 Å². The van der Waals surface area contributed by atoms with Gasteiger partial charge >= 0.3 is 0 Å². The van der Waals surface area contributed by atoms with Crippen LogP contribution in [-0.2, 0) is 0 Å². The first-order chi connectivity index (χ1) is 8.11. The van der Waals surface area contributed by atoms with Gasteiger partial charge in [-0.15, -0.1) is 0 Å². The summed E-state index contributed by atoms with van der Waals surface area (Å²) < 4.78 is 0.614. The van der Waals surface area contributed by atoms with Crippen LogP contribution in [-0.4, -0.2) is 16.7 Å². The fourth-order valence-corrected chi connectivity index (χ4v) is 2.11. The zero-order valence-electron chi connectivity index (χ0n) is 11.0. The highest BCUT2D eigenvalue weighted by atomic mass is 79.9. The second-order valence-corrected chi connectivity index (χ2v) is 6.48. The largest absolute Gasteiger partial charge is 0.506 e. The molecule has 18 heavy (non-hydrogen) atoms. The minimum atomic E-state index is -0.265. The van der Waals surface area contributed by atoms with E-state index in [0.717, 1.165) is 0 Å². The van der Waals surface area contributed by atoms with Gasteiger partial charge in [0, 0.05) is 10.9 Å². The third kappa shape index (κ3) is 3.67. The standard InChI is InChI=1S/C14H17BrO3/c1-8(16)10-5-9(15)6-11(13(10)18)12(17)7-14(2,3)4/h5-6,18H,7H2,1-4H3. The van der Waals surface area contributed by atoms with Crippen molar-refractivity contribution in [2.24, 2.45) is 5.41 Å². The number of phenols is 1. The Bertz CT molecular complexity index is 498. The van der Waals surface area contributed by atoms with Gasteiger partial charge in [0.15, 0.2) is 11.6 Å². The van der Waals surface area contributed by atoms with E-state index in [2.05, 4.69) is 15.9 Å². The second-order valence-electron chi connectivity index (χ2n) is 5.57. The lowest BCUT2D eigenvalue weighted by Crippen LogP contribution is -2.14. The van der Waals surface area contributed by atoms with E-state index < -0.39 is 0 Å². The van der Waals surface area contributed by atoms with Gasteiger partial charge < -0.3 is 5.11 Å². The van der Waals surface area contributed by atoms with Gasteiger partial charge in [0.25, 0.3) is 0 Å². The van der Waals surface area contributed by atoms with E-state index in [4.69, 9.17) is 0 Å². The Balaban J connectivity index is 3.25. The molecule has 0 atom stereocenters. The van der Waals surface area contributed by atoms with Gasteiger partial charge in [-0.2, -0.15) is 0 Å². The summed E-state index contributed by atoms with van der Waals surface area (Å²) in [5, 5.41) is 9.99. The highest BCUT2D eigenvalue weighted by Gasteiger charge is 2.22. The van der Waals surface area contributed by atoms with Gasteiger partial charge in [0.2, 0.25) is 0 Å². The smallest absolute Gasteiger partial charge is 0.167 e. The molecule has 3 nitrogen and oxygen atoms in total. The number of rotatable bonds is 3. The Morgan fingerprint density at radius 2 is 1.72 bits per heavy atom. The molecule has 1 rings (SSSR count). The van der Waals surface area contributed by atoms with Gasteiger partial charge in [0.05, 0.1) is 11.1 Å². The number of hydrogen-bond donors (Lipinski definition) is 1. The highest BCUT2D eigenvalue weighted by Crippen LogP contribution is 2.31. The van der Waals surface area contributed by atoms with Gasteiger partial charge in [-0.1, -0.05) is 36.7 Å². The van der Waals surface area contributed by atoms with E-state index in [1.165, 1.54) is 13.0 Å². The Labute approximate surface area is 115 Å². The van der Waals surface area contributed by atoms with Crippen molar-refractivity contribution in [2.45, 2.75) is 34.1 Å². The predicted molar refractivity (Wildman–Crippen MR) is 74.2 cm³/mol. The molecule has 98 valence electrons. The Morgan fingerprint density at radius 1 is 1.22 bits per heavy atom. The van der Waals surface area contributed by atoms with Crippen molar-refractivity contribution in [3.63, 3.8) is 0 Å². The van der Waals surface area contributed by atoms with Crippen molar-refractivity contribution in [3.8, 4) is 5.75 Å². The molecule has 0 radical (unpaired) electrons. The number of benzene rings is 1. The molecule has 0 aromatic heterocycles. The molecule has 4 heteroatoms. The molecule has 0 saturated carbocycles. The number of halogens is 1. The minimum Gasteiger partial charge on any atom is -0.506 e. The highest BCUT2D eigenvalue weighted by molar-refractivity contribution is 9.10. The molecule has 0 heterocycles. The number of carbonyl (C=O) groups is 2. The summed E-state index contributed by atoms with van der Waals surface area (Å²) in [6.45, 7) is 7.21.